The molecular formula is C12H14O2. The van der Waals surface area contributed by atoms with Gasteiger partial charge in [-0.25, -0.2) is 0 Å². The number of benzene rings is 1. The van der Waals surface area contributed by atoms with Crippen molar-refractivity contribution in [3.8, 4) is 0 Å². The van der Waals surface area contributed by atoms with Crippen molar-refractivity contribution < 1.29 is 9.90 Å². The number of aliphatic hydroxyl groups excluding tert-OH is 1. The van der Waals surface area contributed by atoms with Gasteiger partial charge in [0.15, 0.2) is 5.78 Å². The zero-order chi connectivity index (χ0) is 10.1. The second kappa shape index (κ2) is 3.54. The number of hydrogen-bond donors (Lipinski definition) is 1. The first-order valence-electron chi connectivity index (χ1n) is 4.97. The molecule has 74 valence electrons. The third kappa shape index (κ3) is 1.58. The van der Waals surface area contributed by atoms with Gasteiger partial charge in [0, 0.05) is 12.0 Å². The Balaban J connectivity index is 2.33. The summed E-state index contributed by atoms with van der Waals surface area (Å²) < 4.78 is 0. The highest BCUT2D eigenvalue weighted by Crippen LogP contribution is 2.27. The molecule has 2 unspecified atom stereocenters. The lowest BCUT2D eigenvalue weighted by atomic mass is 9.81. The predicted octanol–water partition coefficient (Wildman–Crippen LogP) is 1.81. The highest BCUT2D eigenvalue weighted by Gasteiger charge is 2.27. The van der Waals surface area contributed by atoms with E-state index in [2.05, 4.69) is 0 Å². The van der Waals surface area contributed by atoms with E-state index in [0.29, 0.717) is 6.42 Å². The maximum absolute atomic E-state index is 11.7. The van der Waals surface area contributed by atoms with Crippen LogP contribution in [0.1, 0.15) is 29.3 Å². The average Bonchev–Trinajstić information content (AvgIpc) is 2.17. The maximum Gasteiger partial charge on any atom is 0.163 e. The highest BCUT2D eigenvalue weighted by molar-refractivity contribution is 5.98. The molecule has 0 bridgehead atoms. The topological polar surface area (TPSA) is 37.3 Å². The molecule has 2 heteroatoms. The van der Waals surface area contributed by atoms with E-state index in [4.69, 9.17) is 0 Å². The summed E-state index contributed by atoms with van der Waals surface area (Å²) in [4.78, 5) is 11.7. The van der Waals surface area contributed by atoms with E-state index < -0.39 is 6.10 Å². The number of carbonyl (C=O) groups excluding carboxylic acids is 1. The monoisotopic (exact) mass is 190 g/mol. The van der Waals surface area contributed by atoms with Crippen molar-refractivity contribution in [1.29, 1.82) is 0 Å². The lowest BCUT2D eigenvalue weighted by Crippen LogP contribution is -2.27. The Morgan fingerprint density at radius 3 is 2.79 bits per heavy atom. The second-order valence-electron chi connectivity index (χ2n) is 3.99. The number of fused-ring (bicyclic) bond motifs is 1. The summed E-state index contributed by atoms with van der Waals surface area (Å²) in [6, 6.07) is 7.67. The van der Waals surface area contributed by atoms with Gasteiger partial charge in [0.25, 0.3) is 0 Å². The van der Waals surface area contributed by atoms with Crippen molar-refractivity contribution >= 4 is 5.78 Å². The Labute approximate surface area is 83.6 Å². The summed E-state index contributed by atoms with van der Waals surface area (Å²) in [5, 5.41) is 9.47. The first-order valence-corrected chi connectivity index (χ1v) is 4.97. The molecule has 0 radical (unpaired) electrons. The zero-order valence-electron chi connectivity index (χ0n) is 8.23. The molecule has 2 atom stereocenters. The van der Waals surface area contributed by atoms with Crippen LogP contribution in [0.25, 0.3) is 0 Å². The van der Waals surface area contributed by atoms with Crippen LogP contribution in [0.2, 0.25) is 0 Å². The third-order valence-electron chi connectivity index (χ3n) is 2.93. The fourth-order valence-electron chi connectivity index (χ4n) is 2.01. The van der Waals surface area contributed by atoms with Crippen molar-refractivity contribution in [2.24, 2.45) is 5.92 Å². The van der Waals surface area contributed by atoms with Gasteiger partial charge in [-0.05, 0) is 24.8 Å². The summed E-state index contributed by atoms with van der Waals surface area (Å²) >= 11 is 0. The Kier molecular flexibility index (Phi) is 2.38. The van der Waals surface area contributed by atoms with Gasteiger partial charge in [-0.3, -0.25) is 4.79 Å². The van der Waals surface area contributed by atoms with Crippen LogP contribution in [-0.2, 0) is 6.42 Å². The lowest BCUT2D eigenvalue weighted by molar-refractivity contribution is 0.0811. The molecule has 0 spiro atoms. The summed E-state index contributed by atoms with van der Waals surface area (Å²) in [6.45, 7) is 1.76. The number of ketones is 1. The fourth-order valence-corrected chi connectivity index (χ4v) is 2.01. The van der Waals surface area contributed by atoms with E-state index in [0.717, 1.165) is 17.5 Å². The predicted molar refractivity (Wildman–Crippen MR) is 54.3 cm³/mol. The number of rotatable bonds is 1. The summed E-state index contributed by atoms with van der Waals surface area (Å²) in [5.74, 6) is 0.259. The van der Waals surface area contributed by atoms with E-state index in [1.165, 1.54) is 0 Å². The van der Waals surface area contributed by atoms with E-state index >= 15 is 0 Å². The van der Waals surface area contributed by atoms with Gasteiger partial charge in [0.2, 0.25) is 0 Å². The van der Waals surface area contributed by atoms with Gasteiger partial charge in [0.1, 0.15) is 0 Å². The molecule has 1 aliphatic carbocycles. The summed E-state index contributed by atoms with van der Waals surface area (Å²) in [5.41, 5.74) is 1.92. The molecule has 0 heterocycles. The Morgan fingerprint density at radius 2 is 2.07 bits per heavy atom. The van der Waals surface area contributed by atoms with Crippen LogP contribution in [0.5, 0.6) is 0 Å². The first kappa shape index (κ1) is 9.41. The first-order chi connectivity index (χ1) is 6.68. The van der Waals surface area contributed by atoms with Crippen molar-refractivity contribution in [2.45, 2.75) is 25.9 Å². The Hall–Kier alpha value is -1.15. The van der Waals surface area contributed by atoms with Gasteiger partial charge in [-0.15, -0.1) is 0 Å². The molecule has 1 aromatic rings. The molecule has 0 amide bonds. The van der Waals surface area contributed by atoms with Crippen LogP contribution in [0.15, 0.2) is 24.3 Å². The van der Waals surface area contributed by atoms with Crippen molar-refractivity contribution in [1.82, 2.24) is 0 Å². The minimum atomic E-state index is -0.396. The highest BCUT2D eigenvalue weighted by atomic mass is 16.3. The molecule has 2 nitrogen and oxygen atoms in total. The Morgan fingerprint density at radius 1 is 1.36 bits per heavy atom. The van der Waals surface area contributed by atoms with Gasteiger partial charge in [0.05, 0.1) is 6.10 Å². The molecule has 14 heavy (non-hydrogen) atoms. The van der Waals surface area contributed by atoms with Gasteiger partial charge >= 0.3 is 0 Å². The van der Waals surface area contributed by atoms with Crippen molar-refractivity contribution in [3.63, 3.8) is 0 Å². The van der Waals surface area contributed by atoms with Crippen LogP contribution in [0.4, 0.5) is 0 Å². The molecule has 1 N–H and O–H groups in total. The van der Waals surface area contributed by atoms with Crippen LogP contribution in [0, 0.1) is 5.92 Å². The molecule has 0 saturated carbocycles. The van der Waals surface area contributed by atoms with Gasteiger partial charge < -0.3 is 5.11 Å². The van der Waals surface area contributed by atoms with Crippen LogP contribution in [0.3, 0.4) is 0 Å². The Bertz CT molecular complexity index is 355. The minimum absolute atomic E-state index is 0.0948. The third-order valence-corrected chi connectivity index (χ3v) is 2.93. The lowest BCUT2D eigenvalue weighted by Gasteiger charge is -2.25. The maximum atomic E-state index is 11.7. The van der Waals surface area contributed by atoms with E-state index in [9.17, 15) is 9.90 Å². The van der Waals surface area contributed by atoms with E-state index in [-0.39, 0.29) is 11.7 Å². The molecule has 1 aromatic carbocycles. The molecule has 0 aliphatic heterocycles. The largest absolute Gasteiger partial charge is 0.393 e. The molecule has 2 rings (SSSR count). The summed E-state index contributed by atoms with van der Waals surface area (Å²) in [7, 11) is 0. The minimum Gasteiger partial charge on any atom is -0.393 e. The molecule has 0 saturated heterocycles. The number of Topliss-reactive ketones (excluding diaryl/α,β-unsaturated/α-hetero) is 1. The van der Waals surface area contributed by atoms with E-state index in [1.807, 2.05) is 24.3 Å². The van der Waals surface area contributed by atoms with Crippen molar-refractivity contribution in [3.05, 3.63) is 35.4 Å². The van der Waals surface area contributed by atoms with Gasteiger partial charge in [-0.1, -0.05) is 24.3 Å². The molecule has 0 aromatic heterocycles. The SMILES string of the molecule is CC(O)C1CC(=O)c2ccccc2C1. The number of hydrogen-bond acceptors (Lipinski definition) is 2. The van der Waals surface area contributed by atoms with E-state index in [1.54, 1.807) is 6.92 Å². The quantitative estimate of drug-likeness (QED) is 0.733. The normalized spacial score (nSPS) is 23.0. The fraction of sp³-hybridized carbons (Fsp3) is 0.417. The number of aliphatic hydroxyl groups is 1. The van der Waals surface area contributed by atoms with Crippen LogP contribution >= 0.6 is 0 Å². The standard InChI is InChI=1S/C12H14O2/c1-8(13)10-6-9-4-2-3-5-11(9)12(14)7-10/h2-5,8,10,13H,6-7H2,1H3. The molecule has 0 fully saturated rings. The zero-order valence-corrected chi connectivity index (χ0v) is 8.23. The van der Waals surface area contributed by atoms with Crippen molar-refractivity contribution in [2.75, 3.05) is 0 Å². The summed E-state index contributed by atoms with van der Waals surface area (Å²) in [6.07, 6.45) is 0.904. The second-order valence-corrected chi connectivity index (χ2v) is 3.99. The van der Waals surface area contributed by atoms with Crippen LogP contribution in [-0.4, -0.2) is 17.0 Å². The average molecular weight is 190 g/mol. The smallest absolute Gasteiger partial charge is 0.163 e. The van der Waals surface area contributed by atoms with Gasteiger partial charge in [-0.2, -0.15) is 0 Å². The molecular weight excluding hydrogens is 176 g/mol. The number of carbonyl (C=O) groups is 1. The molecule has 1 aliphatic rings. The van der Waals surface area contributed by atoms with Crippen LogP contribution < -0.4 is 0 Å².